The van der Waals surface area contributed by atoms with Gasteiger partial charge >= 0.3 is 23.9 Å². The van der Waals surface area contributed by atoms with Crippen LogP contribution in [0.15, 0.2) is 121 Å². The number of fused-ring (bicyclic) bond motifs is 1. The number of rotatable bonds is 25. The van der Waals surface area contributed by atoms with Gasteiger partial charge in [-0.25, -0.2) is 24.2 Å². The molecule has 0 radical (unpaired) electrons. The van der Waals surface area contributed by atoms with Crippen LogP contribution >= 0.6 is 11.3 Å². The van der Waals surface area contributed by atoms with E-state index in [9.17, 15) is 19.2 Å². The molecule has 0 aliphatic carbocycles. The number of aromatic nitrogens is 1. The molecule has 5 aromatic rings. The fourth-order valence-corrected chi connectivity index (χ4v) is 6.53. The first kappa shape index (κ1) is 45.3. The second-order valence-electron chi connectivity index (χ2n) is 13.6. The first-order chi connectivity index (χ1) is 29.7. The van der Waals surface area contributed by atoms with E-state index in [1.807, 2.05) is 24.3 Å². The van der Waals surface area contributed by atoms with Crippen LogP contribution < -0.4 is 24.4 Å². The fraction of sp³-hybridized carbons (Fsp3) is 0.277. The highest BCUT2D eigenvalue weighted by Crippen LogP contribution is 2.29. The molecule has 0 fully saturated rings. The topological polar surface area (TPSA) is 161 Å². The number of nitrogens with zero attached hydrogens (tertiary/aromatic N) is 2. The Morgan fingerprint density at radius 2 is 1.15 bits per heavy atom. The lowest BCUT2D eigenvalue weighted by molar-refractivity contribution is -0.138. The van der Waals surface area contributed by atoms with Crippen molar-refractivity contribution in [3.63, 3.8) is 0 Å². The molecule has 1 N–H and O–H groups in total. The SMILES string of the molecule is C=CC(=O)OCCCCCCOc1ccc(C(=O)Oc2ccc(/C(C)=N/Nc3nc4ccccc4s3)c(OC(=O)c3ccc(OCCCCCCOC(=O)C=C)cc3)c2)cc1. The molecule has 1 aromatic heterocycles. The minimum Gasteiger partial charge on any atom is -0.494 e. The fourth-order valence-electron chi connectivity index (χ4n) is 5.72. The van der Waals surface area contributed by atoms with E-state index in [2.05, 4.69) is 28.7 Å². The number of esters is 4. The predicted octanol–water partition coefficient (Wildman–Crippen LogP) is 9.91. The van der Waals surface area contributed by atoms with Crippen LogP contribution in [-0.2, 0) is 19.1 Å². The molecular formula is C47H49N3O10S. The van der Waals surface area contributed by atoms with Crippen LogP contribution in [0.1, 0.15) is 84.6 Å². The first-order valence-corrected chi connectivity index (χ1v) is 20.8. The van der Waals surface area contributed by atoms with Crippen molar-refractivity contribution in [1.82, 2.24) is 4.98 Å². The lowest BCUT2D eigenvalue weighted by atomic mass is 10.1. The summed E-state index contributed by atoms with van der Waals surface area (Å²) in [5, 5.41) is 5.12. The highest BCUT2D eigenvalue weighted by atomic mass is 32.1. The van der Waals surface area contributed by atoms with E-state index in [0.717, 1.165) is 73.7 Å². The second-order valence-corrected chi connectivity index (χ2v) is 14.6. The molecule has 0 aliphatic rings. The number of para-hydroxylation sites is 1. The Labute approximate surface area is 359 Å². The third kappa shape index (κ3) is 15.1. The van der Waals surface area contributed by atoms with Crippen LogP contribution in [0.25, 0.3) is 10.2 Å². The zero-order valence-electron chi connectivity index (χ0n) is 34.1. The number of thiazole rings is 1. The van der Waals surface area contributed by atoms with E-state index >= 15 is 0 Å². The average molecular weight is 848 g/mol. The van der Waals surface area contributed by atoms with Crippen molar-refractivity contribution in [2.45, 2.75) is 58.3 Å². The summed E-state index contributed by atoms with van der Waals surface area (Å²) in [6, 6.07) is 25.8. The van der Waals surface area contributed by atoms with E-state index in [0.29, 0.717) is 59.9 Å². The molecule has 14 heteroatoms. The lowest BCUT2D eigenvalue weighted by Crippen LogP contribution is -2.13. The van der Waals surface area contributed by atoms with Crippen LogP contribution in [0.5, 0.6) is 23.0 Å². The molecule has 4 aromatic carbocycles. The van der Waals surface area contributed by atoms with E-state index < -0.39 is 23.9 Å². The van der Waals surface area contributed by atoms with Gasteiger partial charge in [-0.1, -0.05) is 36.6 Å². The predicted molar refractivity (Wildman–Crippen MR) is 235 cm³/mol. The van der Waals surface area contributed by atoms with Gasteiger partial charge in [-0.15, -0.1) is 0 Å². The Kier molecular flexibility index (Phi) is 18.1. The molecule has 0 saturated carbocycles. The van der Waals surface area contributed by atoms with Gasteiger partial charge in [0, 0.05) is 23.8 Å². The smallest absolute Gasteiger partial charge is 0.343 e. The summed E-state index contributed by atoms with van der Waals surface area (Å²) in [7, 11) is 0. The molecule has 13 nitrogen and oxygen atoms in total. The van der Waals surface area contributed by atoms with Crippen molar-refractivity contribution in [2.75, 3.05) is 31.9 Å². The van der Waals surface area contributed by atoms with Crippen molar-refractivity contribution >= 4 is 56.3 Å². The van der Waals surface area contributed by atoms with Gasteiger partial charge in [0.2, 0.25) is 5.13 Å². The van der Waals surface area contributed by atoms with Gasteiger partial charge < -0.3 is 28.4 Å². The Morgan fingerprint density at radius 1 is 0.639 bits per heavy atom. The van der Waals surface area contributed by atoms with Crippen molar-refractivity contribution in [1.29, 1.82) is 0 Å². The maximum atomic E-state index is 13.5. The molecular weight excluding hydrogens is 799 g/mol. The molecule has 0 amide bonds. The van der Waals surface area contributed by atoms with Crippen LogP contribution in [0, 0.1) is 0 Å². The van der Waals surface area contributed by atoms with Gasteiger partial charge in [0.1, 0.15) is 23.0 Å². The van der Waals surface area contributed by atoms with Gasteiger partial charge in [-0.2, -0.15) is 5.10 Å². The van der Waals surface area contributed by atoms with Crippen LogP contribution in [-0.4, -0.2) is 61.0 Å². The highest BCUT2D eigenvalue weighted by molar-refractivity contribution is 7.22. The molecule has 1 heterocycles. The Hall–Kier alpha value is -6.80. The van der Waals surface area contributed by atoms with Crippen molar-refractivity contribution in [3.05, 3.63) is 133 Å². The van der Waals surface area contributed by atoms with E-state index in [4.69, 9.17) is 28.4 Å². The molecule has 0 saturated heterocycles. The number of nitrogens with one attached hydrogen (secondary N) is 1. The third-order valence-corrected chi connectivity index (χ3v) is 9.93. The molecule has 0 spiro atoms. The summed E-state index contributed by atoms with van der Waals surface area (Å²) < 4.78 is 34.3. The van der Waals surface area contributed by atoms with Crippen molar-refractivity contribution in [2.24, 2.45) is 5.10 Å². The molecule has 0 unspecified atom stereocenters. The summed E-state index contributed by atoms with van der Waals surface area (Å²) in [5.74, 6) is -0.580. The van der Waals surface area contributed by atoms with Crippen LogP contribution in [0.2, 0.25) is 0 Å². The van der Waals surface area contributed by atoms with Crippen molar-refractivity contribution in [3.8, 4) is 23.0 Å². The normalized spacial score (nSPS) is 11.0. The van der Waals surface area contributed by atoms with Gasteiger partial charge in [-0.3, -0.25) is 5.43 Å². The third-order valence-electron chi connectivity index (χ3n) is 8.99. The standard InChI is InChI=1S/C47H49N3O10S/c1-4-43(51)57-30-14-8-6-12-28-55-36-22-18-34(19-23-36)45(53)59-38-26-27-39(33(3)49-50-47-48-40-16-10-11-17-42(40)61-47)41(32-38)60-46(54)35-20-24-37(25-21-35)56-29-13-7-9-15-31-58-44(52)5-2/h4-5,10-11,16-27,32H,1-2,6-9,12-15,28-31H2,3H3,(H,48,50)/b49-33+. The van der Waals surface area contributed by atoms with E-state index in [1.54, 1.807) is 67.6 Å². The van der Waals surface area contributed by atoms with Crippen LogP contribution in [0.4, 0.5) is 5.13 Å². The molecule has 5 rings (SSSR count). The summed E-state index contributed by atoms with van der Waals surface area (Å²) in [5.41, 5.74) is 5.41. The number of benzene rings is 4. The van der Waals surface area contributed by atoms with Gasteiger partial charge in [-0.05, 0) is 131 Å². The minimum atomic E-state index is -0.634. The van der Waals surface area contributed by atoms with E-state index in [1.165, 1.54) is 17.4 Å². The summed E-state index contributed by atoms with van der Waals surface area (Å²) in [6.45, 7) is 10.2. The Morgan fingerprint density at radius 3 is 1.69 bits per heavy atom. The van der Waals surface area contributed by atoms with Gasteiger partial charge in [0.15, 0.2) is 0 Å². The number of hydrogen-bond acceptors (Lipinski definition) is 14. The van der Waals surface area contributed by atoms with E-state index in [-0.39, 0.29) is 17.1 Å². The average Bonchev–Trinajstić information content (AvgIpc) is 3.71. The molecule has 61 heavy (non-hydrogen) atoms. The quantitative estimate of drug-likeness (QED) is 0.0148. The van der Waals surface area contributed by atoms with Crippen molar-refractivity contribution < 1.29 is 47.6 Å². The number of anilines is 1. The Balaban J connectivity index is 1.18. The number of hydrazone groups is 1. The summed E-state index contributed by atoms with van der Waals surface area (Å²) in [6.07, 6.45) is 9.11. The lowest BCUT2D eigenvalue weighted by Gasteiger charge is -2.13. The molecule has 0 aliphatic heterocycles. The molecule has 318 valence electrons. The van der Waals surface area contributed by atoms with Gasteiger partial charge in [0.05, 0.1) is 53.5 Å². The molecule has 0 atom stereocenters. The molecule has 0 bridgehead atoms. The van der Waals surface area contributed by atoms with Crippen LogP contribution in [0.3, 0.4) is 0 Å². The number of carbonyl (C=O) groups is 4. The summed E-state index contributed by atoms with van der Waals surface area (Å²) >= 11 is 1.45. The monoisotopic (exact) mass is 847 g/mol. The largest absolute Gasteiger partial charge is 0.494 e. The minimum absolute atomic E-state index is 0.128. The number of carbonyl (C=O) groups excluding carboxylic acids is 4. The maximum absolute atomic E-state index is 13.5. The number of hydrogen-bond donors (Lipinski definition) is 1. The number of unbranched alkanes of at least 4 members (excludes halogenated alkanes) is 6. The second kappa shape index (κ2) is 24.3. The van der Waals surface area contributed by atoms with Gasteiger partial charge in [0.25, 0.3) is 0 Å². The maximum Gasteiger partial charge on any atom is 0.343 e. The summed E-state index contributed by atoms with van der Waals surface area (Å²) in [4.78, 5) is 53.5. The highest BCUT2D eigenvalue weighted by Gasteiger charge is 2.18. The Bertz CT molecular complexity index is 2250. The zero-order chi connectivity index (χ0) is 43.2. The zero-order valence-corrected chi connectivity index (χ0v) is 34.9. The number of ether oxygens (including phenoxy) is 6. The first-order valence-electron chi connectivity index (χ1n) is 20.0.